The lowest BCUT2D eigenvalue weighted by atomic mass is 10.00. The molecule has 196 valence electrons. The van der Waals surface area contributed by atoms with Crippen LogP contribution in [0.1, 0.15) is 29.7 Å². The number of anilines is 1. The SMILES string of the molecule is CC1CN(C(=O)Oc2ccccc2)CC(c2c[nH]c(=O)c(C(F)(F)F)c2)N1c1ncc(C(F)(F)F)cn1. The largest absolute Gasteiger partial charge is 0.421 e. The monoisotopic (exact) mass is 527 g/mol. The van der Waals surface area contributed by atoms with Crippen LogP contribution in [0.5, 0.6) is 5.75 Å². The summed E-state index contributed by atoms with van der Waals surface area (Å²) in [5.41, 5.74) is -3.99. The molecule has 2 atom stereocenters. The zero-order valence-electron chi connectivity index (χ0n) is 19.0. The smallest absolute Gasteiger partial charge is 0.410 e. The van der Waals surface area contributed by atoms with Gasteiger partial charge in [0, 0.05) is 37.7 Å². The van der Waals surface area contributed by atoms with Crippen LogP contribution in [0, 0.1) is 0 Å². The van der Waals surface area contributed by atoms with Gasteiger partial charge in [0.15, 0.2) is 0 Å². The average Bonchev–Trinajstić information content (AvgIpc) is 2.83. The Morgan fingerprint density at radius 3 is 2.27 bits per heavy atom. The summed E-state index contributed by atoms with van der Waals surface area (Å²) < 4.78 is 84.7. The zero-order chi connectivity index (χ0) is 27.0. The summed E-state index contributed by atoms with van der Waals surface area (Å²) in [5.74, 6) is 0.0509. The van der Waals surface area contributed by atoms with Crippen molar-refractivity contribution < 1.29 is 35.9 Å². The van der Waals surface area contributed by atoms with Crippen molar-refractivity contribution in [3.8, 4) is 5.75 Å². The maximum atomic E-state index is 13.4. The van der Waals surface area contributed by atoms with Crippen molar-refractivity contribution in [3.05, 3.63) is 82.0 Å². The van der Waals surface area contributed by atoms with Crippen LogP contribution in [-0.2, 0) is 12.4 Å². The number of carbonyl (C=O) groups is 1. The minimum atomic E-state index is -4.97. The fourth-order valence-corrected chi connectivity index (χ4v) is 4.00. The Labute approximate surface area is 205 Å². The van der Waals surface area contributed by atoms with Gasteiger partial charge in [-0.3, -0.25) is 4.79 Å². The number of alkyl halides is 6. The third-order valence-electron chi connectivity index (χ3n) is 5.71. The van der Waals surface area contributed by atoms with Gasteiger partial charge in [-0.15, -0.1) is 0 Å². The molecule has 1 amide bonds. The number of nitrogens with zero attached hydrogens (tertiary/aromatic N) is 4. The molecule has 0 bridgehead atoms. The van der Waals surface area contributed by atoms with Gasteiger partial charge in [0.1, 0.15) is 11.3 Å². The standard InChI is InChI=1S/C23H19F6N5O3/c1-13-11-33(21(36)37-16-5-3-2-4-6-16)12-18(14-7-17(23(27,28)29)19(35)30-8-14)34(13)20-31-9-15(10-32-20)22(24,25)26/h2-10,13,18H,11-12H2,1H3,(H,30,35). The molecule has 14 heteroatoms. The van der Waals surface area contributed by atoms with Gasteiger partial charge in [-0.2, -0.15) is 26.3 Å². The predicted molar refractivity (Wildman–Crippen MR) is 118 cm³/mol. The van der Waals surface area contributed by atoms with Gasteiger partial charge in [0.2, 0.25) is 5.95 Å². The van der Waals surface area contributed by atoms with Crippen LogP contribution in [0.4, 0.5) is 37.1 Å². The first-order valence-corrected chi connectivity index (χ1v) is 10.8. The van der Waals surface area contributed by atoms with E-state index in [-0.39, 0.29) is 30.4 Å². The Hall–Kier alpha value is -4.10. The van der Waals surface area contributed by atoms with Gasteiger partial charge >= 0.3 is 18.4 Å². The number of piperazine rings is 1. The first-order valence-electron chi connectivity index (χ1n) is 10.8. The number of aromatic amines is 1. The second-order valence-electron chi connectivity index (χ2n) is 8.30. The van der Waals surface area contributed by atoms with Crippen molar-refractivity contribution in [3.63, 3.8) is 0 Å². The van der Waals surface area contributed by atoms with E-state index in [0.717, 1.165) is 6.20 Å². The van der Waals surface area contributed by atoms with Crippen LogP contribution >= 0.6 is 0 Å². The molecule has 37 heavy (non-hydrogen) atoms. The second kappa shape index (κ2) is 9.75. The Balaban J connectivity index is 1.73. The zero-order valence-corrected chi connectivity index (χ0v) is 19.0. The van der Waals surface area contributed by atoms with E-state index in [0.29, 0.717) is 18.5 Å². The van der Waals surface area contributed by atoms with E-state index in [1.54, 1.807) is 37.3 Å². The minimum Gasteiger partial charge on any atom is -0.410 e. The molecule has 1 aliphatic rings. The maximum Gasteiger partial charge on any atom is 0.421 e. The Morgan fingerprint density at radius 1 is 1.03 bits per heavy atom. The summed E-state index contributed by atoms with van der Waals surface area (Å²) in [6, 6.07) is 7.00. The van der Waals surface area contributed by atoms with Gasteiger partial charge < -0.3 is 19.5 Å². The number of carbonyl (C=O) groups excluding carboxylic acids is 1. The fourth-order valence-electron chi connectivity index (χ4n) is 4.00. The summed E-state index contributed by atoms with van der Waals surface area (Å²) in [5, 5.41) is 0. The molecule has 2 unspecified atom stereocenters. The predicted octanol–water partition coefficient (Wildman–Crippen LogP) is 4.65. The van der Waals surface area contributed by atoms with Crippen molar-refractivity contribution in [2.45, 2.75) is 31.4 Å². The summed E-state index contributed by atoms with van der Waals surface area (Å²) in [4.78, 5) is 37.0. The van der Waals surface area contributed by atoms with Crippen LogP contribution in [0.3, 0.4) is 0 Å². The number of hydrogen-bond donors (Lipinski definition) is 1. The lowest BCUT2D eigenvalue weighted by Crippen LogP contribution is -2.56. The molecule has 3 heterocycles. The topological polar surface area (TPSA) is 91.4 Å². The molecular weight excluding hydrogens is 508 g/mol. The lowest BCUT2D eigenvalue weighted by molar-refractivity contribution is -0.139. The van der Waals surface area contributed by atoms with E-state index in [2.05, 4.69) is 9.97 Å². The van der Waals surface area contributed by atoms with Crippen LogP contribution in [0.15, 0.2) is 59.8 Å². The van der Waals surface area contributed by atoms with E-state index >= 15 is 0 Å². The van der Waals surface area contributed by atoms with Gasteiger partial charge in [0.25, 0.3) is 5.56 Å². The highest BCUT2D eigenvalue weighted by Crippen LogP contribution is 2.35. The molecule has 1 aromatic carbocycles. The number of pyridine rings is 1. The Kier molecular flexibility index (Phi) is 6.84. The highest BCUT2D eigenvalue weighted by atomic mass is 19.4. The van der Waals surface area contributed by atoms with E-state index in [9.17, 15) is 35.9 Å². The number of amides is 1. The Bertz CT molecular complexity index is 1310. The number of benzene rings is 1. The van der Waals surface area contributed by atoms with Crippen LogP contribution in [0.2, 0.25) is 0 Å². The van der Waals surface area contributed by atoms with Crippen molar-refractivity contribution in [2.75, 3.05) is 18.0 Å². The molecule has 8 nitrogen and oxygen atoms in total. The molecule has 1 N–H and O–H groups in total. The molecule has 4 rings (SSSR count). The van der Waals surface area contributed by atoms with Crippen molar-refractivity contribution in [2.24, 2.45) is 0 Å². The van der Waals surface area contributed by atoms with Gasteiger partial charge in [0.05, 0.1) is 11.6 Å². The van der Waals surface area contributed by atoms with Crippen LogP contribution < -0.4 is 15.2 Å². The average molecular weight is 527 g/mol. The highest BCUT2D eigenvalue weighted by molar-refractivity contribution is 5.71. The van der Waals surface area contributed by atoms with Gasteiger partial charge in [-0.25, -0.2) is 14.8 Å². The number of hydrogen-bond acceptors (Lipinski definition) is 6. The molecule has 0 aliphatic carbocycles. The number of H-pyrrole nitrogens is 1. The van der Waals surface area contributed by atoms with Crippen LogP contribution in [0.25, 0.3) is 0 Å². The molecular formula is C23H19F6N5O3. The summed E-state index contributed by atoms with van der Waals surface area (Å²) in [6.45, 7) is 1.37. The number of ether oxygens (including phenoxy) is 1. The van der Waals surface area contributed by atoms with E-state index in [4.69, 9.17) is 4.74 Å². The van der Waals surface area contributed by atoms with Crippen molar-refractivity contribution in [1.29, 1.82) is 0 Å². The van der Waals surface area contributed by atoms with E-state index < -0.39 is 47.2 Å². The molecule has 2 aromatic heterocycles. The van der Waals surface area contributed by atoms with E-state index in [1.807, 2.05) is 4.98 Å². The third-order valence-corrected chi connectivity index (χ3v) is 5.71. The second-order valence-corrected chi connectivity index (χ2v) is 8.30. The molecule has 1 aliphatic heterocycles. The summed E-state index contributed by atoms with van der Waals surface area (Å²) in [6.07, 6.45) is -8.25. The molecule has 0 spiro atoms. The lowest BCUT2D eigenvalue weighted by Gasteiger charge is -2.45. The molecule has 3 aromatic rings. The normalized spacial score (nSPS) is 18.6. The maximum absolute atomic E-state index is 13.4. The number of aromatic nitrogens is 3. The molecule has 0 saturated carbocycles. The van der Waals surface area contributed by atoms with E-state index in [1.165, 1.54) is 9.80 Å². The number of rotatable bonds is 3. The fraction of sp³-hybridized carbons (Fsp3) is 0.304. The molecule has 0 radical (unpaired) electrons. The van der Waals surface area contributed by atoms with Gasteiger partial charge in [-0.05, 0) is 30.7 Å². The quantitative estimate of drug-likeness (QED) is 0.499. The van der Waals surface area contributed by atoms with Gasteiger partial charge in [-0.1, -0.05) is 18.2 Å². The van der Waals surface area contributed by atoms with Crippen molar-refractivity contribution in [1.82, 2.24) is 19.9 Å². The summed E-state index contributed by atoms with van der Waals surface area (Å²) in [7, 11) is 0. The minimum absolute atomic E-state index is 0.00201. The van der Waals surface area contributed by atoms with Crippen LogP contribution in [-0.4, -0.2) is 45.1 Å². The first kappa shape index (κ1) is 26.0. The number of nitrogens with one attached hydrogen (secondary N) is 1. The third kappa shape index (κ3) is 5.67. The number of halogens is 6. The first-order chi connectivity index (χ1) is 17.3. The van der Waals surface area contributed by atoms with Crippen molar-refractivity contribution >= 4 is 12.0 Å². The molecule has 1 fully saturated rings. The molecule has 1 saturated heterocycles. The highest BCUT2D eigenvalue weighted by Gasteiger charge is 2.40. The number of para-hydroxylation sites is 1. The Morgan fingerprint density at radius 2 is 1.68 bits per heavy atom. The summed E-state index contributed by atoms with van der Waals surface area (Å²) >= 11 is 0.